The van der Waals surface area contributed by atoms with Crippen LogP contribution in [0.25, 0.3) is 11.0 Å². The summed E-state index contributed by atoms with van der Waals surface area (Å²) in [5.74, 6) is -5.80. The van der Waals surface area contributed by atoms with Gasteiger partial charge in [-0.05, 0) is 51.9 Å². The van der Waals surface area contributed by atoms with Gasteiger partial charge in [0.2, 0.25) is 0 Å². The molecule has 148 valence electrons. The van der Waals surface area contributed by atoms with Crippen LogP contribution in [0.4, 0.5) is 0 Å². The predicted molar refractivity (Wildman–Crippen MR) is 104 cm³/mol. The van der Waals surface area contributed by atoms with E-state index >= 15 is 0 Å². The molecule has 4 unspecified atom stereocenters. The molecule has 8 nitrogen and oxygen atoms in total. The Morgan fingerprint density at radius 3 is 3.37 bits per heavy atom. The smallest absolute Gasteiger partial charge is 0.269 e. The number of nitrogens with one attached hydrogen (secondary N) is 2. The van der Waals surface area contributed by atoms with Crippen LogP contribution in [0.1, 0.15) is 76.8 Å². The van der Waals surface area contributed by atoms with Gasteiger partial charge in [0.1, 0.15) is 17.0 Å². The highest BCUT2D eigenvalue weighted by atomic mass is 16.3. The van der Waals surface area contributed by atoms with Gasteiger partial charge in [-0.2, -0.15) is 5.10 Å². The van der Waals surface area contributed by atoms with Crippen molar-refractivity contribution < 1.29 is 31.9 Å². The van der Waals surface area contributed by atoms with E-state index in [0.717, 1.165) is 13.1 Å². The summed E-state index contributed by atoms with van der Waals surface area (Å²) in [6, 6.07) is -2.74. The van der Waals surface area contributed by atoms with Crippen LogP contribution < -0.4 is 10.9 Å². The van der Waals surface area contributed by atoms with Gasteiger partial charge in [-0.25, -0.2) is 0 Å². The number of piperidine rings is 1. The lowest BCUT2D eigenvalue weighted by atomic mass is 10.0. The standard InChI is InChI=1S/C19H29N5O3/c1-12(2)24-17-14(10-21-22-17)16(25)15(19(24)27)18(26)20-7-5-9-23-8-4-6-13(3)11-23/h10,12-13,25H,4-9,11H2,1-3H3,(H,20,26)(H,21,22)/i1D3,4D2,6D2,7D,8D2,9D,11D2,12D,13D/hD. The third-order valence-electron chi connectivity index (χ3n) is 3.62. The molecule has 27 heavy (non-hydrogen) atoms. The summed E-state index contributed by atoms with van der Waals surface area (Å²) in [5.41, 5.74) is -3.24. The molecule has 3 rings (SSSR count). The van der Waals surface area contributed by atoms with Gasteiger partial charge in [0.05, 0.1) is 13.0 Å². The zero-order valence-electron chi connectivity index (χ0n) is 30.5. The van der Waals surface area contributed by atoms with Gasteiger partial charge in [-0.15, -0.1) is 0 Å². The number of nitrogens with zero attached hydrogens (tertiary/aromatic N) is 3. The fraction of sp³-hybridized carbons (Fsp3) is 0.632. The van der Waals surface area contributed by atoms with E-state index in [-0.39, 0.29) is 15.6 Å². The molecular weight excluding hydrogens is 346 g/mol. The van der Waals surface area contributed by atoms with Gasteiger partial charge < -0.3 is 15.3 Å². The number of H-pyrrole nitrogens is 1. The quantitative estimate of drug-likeness (QED) is 0.697. The first-order chi connectivity index (χ1) is 19.0. The van der Waals surface area contributed by atoms with Crippen molar-refractivity contribution in [3.8, 4) is 5.75 Å². The number of carbonyl (C=O) groups is 1. The Bertz CT molecular complexity index is 1450. The molecular formula is C19H29N5O3. The molecule has 3 N–H and O–H groups in total. The molecule has 4 atom stereocenters. The Morgan fingerprint density at radius 2 is 2.59 bits per heavy atom. The first kappa shape index (κ1) is 7.58. The highest BCUT2D eigenvalue weighted by Crippen LogP contribution is 2.26. The number of rotatable bonds is 6. The average molecular weight is 392 g/mol. The van der Waals surface area contributed by atoms with Gasteiger partial charge in [0.25, 0.3) is 11.5 Å². The Balaban J connectivity index is 2.06. The van der Waals surface area contributed by atoms with Crippen molar-refractivity contribution in [1.29, 1.82) is 0 Å². The molecule has 1 fully saturated rings. The molecule has 0 aliphatic carbocycles. The Labute approximate surface area is 181 Å². The highest BCUT2D eigenvalue weighted by Gasteiger charge is 2.24. The molecule has 2 aromatic heterocycles. The number of fused-ring (bicyclic) bond motifs is 1. The minimum Gasteiger partial charge on any atom is -0.506 e. The molecule has 1 aliphatic heterocycles. The van der Waals surface area contributed by atoms with Crippen LogP contribution in [0, 0.1) is 5.89 Å². The van der Waals surface area contributed by atoms with Crippen LogP contribution in [0.15, 0.2) is 11.0 Å². The number of aromatic nitrogens is 3. The van der Waals surface area contributed by atoms with E-state index in [4.69, 9.17) is 22.0 Å². The second kappa shape index (κ2) is 8.12. The van der Waals surface area contributed by atoms with E-state index in [1.165, 1.54) is 0 Å². The molecule has 1 aliphatic rings. The van der Waals surface area contributed by atoms with E-state index in [1.54, 1.807) is 0 Å². The average Bonchev–Trinajstić information content (AvgIpc) is 3.30. The maximum absolute atomic E-state index is 13.4. The van der Waals surface area contributed by atoms with Gasteiger partial charge in [-0.3, -0.25) is 19.3 Å². The summed E-state index contributed by atoms with van der Waals surface area (Å²) >= 11 is 0. The molecule has 0 bridgehead atoms. The molecule has 0 aromatic carbocycles. The third kappa shape index (κ3) is 4.00. The second-order valence-corrected chi connectivity index (χ2v) is 5.59. The minimum absolute atomic E-state index is 0.0853. The number of carbonyl (C=O) groups excluding carboxylic acids is 1. The van der Waals surface area contributed by atoms with Crippen molar-refractivity contribution in [2.45, 2.75) is 45.9 Å². The van der Waals surface area contributed by atoms with E-state index in [9.17, 15) is 14.7 Å². The lowest BCUT2D eigenvalue weighted by Crippen LogP contribution is -2.38. The molecule has 1 amide bonds. The topological polar surface area (TPSA) is 103 Å². The van der Waals surface area contributed by atoms with Crippen molar-refractivity contribution in [1.82, 2.24) is 25.0 Å². The number of aromatic amines is 1. The van der Waals surface area contributed by atoms with Crippen LogP contribution in [-0.2, 0) is 0 Å². The zero-order chi connectivity index (χ0) is 33.7. The van der Waals surface area contributed by atoms with Crippen LogP contribution in [-0.4, -0.2) is 56.7 Å². The number of hydrogen-bond acceptors (Lipinski definition) is 5. The van der Waals surface area contributed by atoms with E-state index in [1.807, 2.05) is 0 Å². The van der Waals surface area contributed by atoms with Crippen LogP contribution in [0.5, 0.6) is 5.75 Å². The molecule has 0 radical (unpaired) electrons. The largest absolute Gasteiger partial charge is 0.506 e. The van der Waals surface area contributed by atoms with E-state index in [0.29, 0.717) is 11.5 Å². The summed E-state index contributed by atoms with van der Waals surface area (Å²) in [6.45, 7) is -13.2. The van der Waals surface area contributed by atoms with E-state index < -0.39 is 92.4 Å². The zero-order valence-corrected chi connectivity index (χ0v) is 14.5. The monoisotopic (exact) mass is 391 g/mol. The number of likely N-dealkylation sites (tertiary alicyclic amines) is 1. The fourth-order valence-electron chi connectivity index (χ4n) is 2.45. The third-order valence-corrected chi connectivity index (χ3v) is 3.62. The van der Waals surface area contributed by atoms with Crippen molar-refractivity contribution in [3.05, 3.63) is 22.1 Å². The first-order valence-corrected chi connectivity index (χ1v) is 7.83. The van der Waals surface area contributed by atoms with Crippen LogP contribution in [0.3, 0.4) is 0 Å². The maximum Gasteiger partial charge on any atom is 0.269 e. The number of hydrogen-bond donors (Lipinski definition) is 3. The van der Waals surface area contributed by atoms with E-state index in [2.05, 4.69) is 10.2 Å². The van der Waals surface area contributed by atoms with Gasteiger partial charge in [0.15, 0.2) is 1.41 Å². The minimum atomic E-state index is -3.59. The molecule has 2 aromatic rings. The summed E-state index contributed by atoms with van der Waals surface area (Å²) < 4.78 is 130. The van der Waals surface area contributed by atoms with Crippen LogP contribution in [0.2, 0.25) is 1.41 Å². The molecule has 0 saturated carbocycles. The summed E-state index contributed by atoms with van der Waals surface area (Å²) in [6.07, 6.45) is -7.22. The molecule has 3 heterocycles. The summed E-state index contributed by atoms with van der Waals surface area (Å²) in [5, 5.41) is 15.9. The maximum atomic E-state index is 13.4. The number of amides is 1. The number of aromatic hydroxyl groups is 1. The molecule has 1 saturated heterocycles. The second-order valence-electron chi connectivity index (χ2n) is 5.59. The highest BCUT2D eigenvalue weighted by molar-refractivity contribution is 6.01. The van der Waals surface area contributed by atoms with Gasteiger partial charge in [0, 0.05) is 38.2 Å². The predicted octanol–water partition coefficient (Wildman–Crippen LogP) is 1.86. The summed E-state index contributed by atoms with van der Waals surface area (Å²) in [7, 11) is 0. The normalized spacial score (nSPS) is 42.1. The Kier molecular flexibility index (Phi) is 2.28. The van der Waals surface area contributed by atoms with Gasteiger partial charge in [-0.1, -0.05) is 6.92 Å². The SMILES string of the molecule is [2H]C(CC([2H])N1C([2H])([2H])C([2H])([2H])C([2H])([2H])C([2H])(C)C1([2H])[2H])N([2H])C(=O)c1c(O)c2cn[nH]c2n(C([2H])(C)C([2H])([2H])[2H])c1=O. The Morgan fingerprint density at radius 1 is 1.78 bits per heavy atom. The first-order valence-electron chi connectivity index (χ1n) is 15.9. The summed E-state index contributed by atoms with van der Waals surface area (Å²) in [4.78, 5) is 26.5. The Hall–Kier alpha value is -2.35. The van der Waals surface area contributed by atoms with Crippen LogP contribution >= 0.6 is 0 Å². The lowest BCUT2D eigenvalue weighted by Gasteiger charge is -2.30. The van der Waals surface area contributed by atoms with Crippen molar-refractivity contribution in [2.24, 2.45) is 5.89 Å². The lowest BCUT2D eigenvalue weighted by molar-refractivity contribution is 0.0945. The number of pyridine rings is 1. The van der Waals surface area contributed by atoms with Crippen molar-refractivity contribution in [2.75, 3.05) is 26.0 Å². The van der Waals surface area contributed by atoms with Gasteiger partial charge >= 0.3 is 0 Å². The molecule has 0 spiro atoms. The molecule has 8 heteroatoms. The van der Waals surface area contributed by atoms with Crippen molar-refractivity contribution in [3.63, 3.8) is 0 Å². The van der Waals surface area contributed by atoms with Crippen molar-refractivity contribution >= 4 is 16.9 Å². The fourth-order valence-corrected chi connectivity index (χ4v) is 2.45.